The summed E-state index contributed by atoms with van der Waals surface area (Å²) in [5.74, 6) is 0.0827. The Morgan fingerprint density at radius 2 is 1.92 bits per heavy atom. The highest BCUT2D eigenvalue weighted by atomic mass is 19.1. The van der Waals surface area contributed by atoms with Crippen LogP contribution in [0, 0.1) is 5.82 Å². The zero-order valence-electron chi connectivity index (χ0n) is 13.7. The van der Waals surface area contributed by atoms with Crippen LogP contribution in [0.4, 0.5) is 15.8 Å². The van der Waals surface area contributed by atoms with E-state index >= 15 is 0 Å². The predicted molar refractivity (Wildman–Crippen MR) is 93.2 cm³/mol. The van der Waals surface area contributed by atoms with Crippen molar-refractivity contribution in [2.75, 3.05) is 17.2 Å². The summed E-state index contributed by atoms with van der Waals surface area (Å²) in [6.45, 7) is 2.49. The molecule has 8 heteroatoms. The molecule has 2 atom stereocenters. The number of carbonyl (C=O) groups is 1. The maximum Gasteiger partial charge on any atom is 0.246 e. The number of amides is 1. The molecule has 5 N–H and O–H groups in total. The number of anilines is 2. The highest BCUT2D eigenvalue weighted by molar-refractivity contribution is 5.95. The second-order valence-corrected chi connectivity index (χ2v) is 5.44. The fourth-order valence-corrected chi connectivity index (χ4v) is 2.47. The average molecular weight is 345 g/mol. The van der Waals surface area contributed by atoms with Crippen LogP contribution in [0.25, 0.3) is 0 Å². The third-order valence-electron chi connectivity index (χ3n) is 3.69. The first-order chi connectivity index (χ1) is 12.2. The molecule has 1 amide bonds. The Labute approximate surface area is 144 Å². The molecule has 0 aromatic heterocycles. The number of hydrogen-bond donors (Lipinski definition) is 5. The Bertz CT molecular complexity index is 725. The van der Waals surface area contributed by atoms with E-state index < -0.39 is 12.2 Å². The number of halogens is 1. The van der Waals surface area contributed by atoms with Crippen LogP contribution in [-0.2, 0) is 4.79 Å². The molecule has 2 aromatic carbocycles. The van der Waals surface area contributed by atoms with Gasteiger partial charge in [0.1, 0.15) is 23.8 Å². The van der Waals surface area contributed by atoms with E-state index in [2.05, 4.69) is 27.0 Å². The molecule has 0 spiro atoms. The van der Waals surface area contributed by atoms with Crippen molar-refractivity contribution in [2.45, 2.75) is 19.1 Å². The lowest BCUT2D eigenvalue weighted by atomic mass is 10.2. The molecule has 0 radical (unpaired) electrons. The van der Waals surface area contributed by atoms with Crippen molar-refractivity contribution in [3.8, 4) is 5.75 Å². The molecule has 25 heavy (non-hydrogen) atoms. The Morgan fingerprint density at radius 3 is 2.64 bits per heavy atom. The number of hydrazine groups is 2. The van der Waals surface area contributed by atoms with Crippen LogP contribution in [0.15, 0.2) is 48.5 Å². The van der Waals surface area contributed by atoms with Crippen molar-refractivity contribution in [3.05, 3.63) is 54.3 Å². The number of benzene rings is 2. The van der Waals surface area contributed by atoms with E-state index in [9.17, 15) is 9.18 Å². The summed E-state index contributed by atoms with van der Waals surface area (Å²) in [4.78, 5) is 12.5. The smallest absolute Gasteiger partial charge is 0.246 e. The van der Waals surface area contributed by atoms with Crippen LogP contribution in [0.5, 0.6) is 5.75 Å². The largest absolute Gasteiger partial charge is 0.494 e. The average Bonchev–Trinajstić information content (AvgIpc) is 3.07. The highest BCUT2D eigenvalue weighted by Gasteiger charge is 2.33. The number of nitrogens with one attached hydrogen (secondary N) is 5. The normalized spacial score (nSPS) is 19.4. The van der Waals surface area contributed by atoms with E-state index in [0.717, 1.165) is 5.75 Å². The zero-order valence-corrected chi connectivity index (χ0v) is 13.7. The lowest BCUT2D eigenvalue weighted by Crippen LogP contribution is -2.48. The van der Waals surface area contributed by atoms with Gasteiger partial charge in [-0.05, 0) is 43.3 Å². The molecule has 0 saturated carbocycles. The minimum Gasteiger partial charge on any atom is -0.494 e. The maximum absolute atomic E-state index is 13.8. The lowest BCUT2D eigenvalue weighted by Gasteiger charge is -2.20. The first kappa shape index (κ1) is 17.2. The minimum absolute atomic E-state index is 0.268. The summed E-state index contributed by atoms with van der Waals surface area (Å²) in [6, 6.07) is 12.7. The summed E-state index contributed by atoms with van der Waals surface area (Å²) in [7, 11) is 0. The van der Waals surface area contributed by atoms with E-state index in [1.165, 1.54) is 6.07 Å². The number of hydrogen-bond acceptors (Lipinski definition) is 6. The minimum atomic E-state index is -0.647. The van der Waals surface area contributed by atoms with Gasteiger partial charge in [0.15, 0.2) is 0 Å². The molecule has 0 aliphatic carbocycles. The molecule has 1 aliphatic heterocycles. The van der Waals surface area contributed by atoms with Crippen molar-refractivity contribution in [2.24, 2.45) is 0 Å². The van der Waals surface area contributed by atoms with Crippen LogP contribution in [0.2, 0.25) is 0 Å². The Kier molecular flexibility index (Phi) is 5.44. The summed E-state index contributed by atoms with van der Waals surface area (Å²) in [5, 5.41) is 5.77. The molecular weight excluding hydrogens is 325 g/mol. The predicted octanol–water partition coefficient (Wildman–Crippen LogP) is 1.58. The summed E-state index contributed by atoms with van der Waals surface area (Å²) < 4.78 is 19.1. The summed E-state index contributed by atoms with van der Waals surface area (Å²) in [6.07, 6.45) is -0.528. The van der Waals surface area contributed by atoms with Crippen LogP contribution in [0.3, 0.4) is 0 Å². The van der Waals surface area contributed by atoms with Crippen molar-refractivity contribution in [3.63, 3.8) is 0 Å². The van der Waals surface area contributed by atoms with Crippen molar-refractivity contribution in [1.82, 2.24) is 16.4 Å². The number of rotatable bonds is 6. The second-order valence-electron chi connectivity index (χ2n) is 5.44. The van der Waals surface area contributed by atoms with E-state index in [-0.39, 0.29) is 11.7 Å². The van der Waals surface area contributed by atoms with Gasteiger partial charge >= 0.3 is 0 Å². The SMILES string of the molecule is CCOc1ccc(NC(=O)C2NNNC2Nc2ccccc2F)cc1. The molecule has 0 bridgehead atoms. The second kappa shape index (κ2) is 7.93. The van der Waals surface area contributed by atoms with Gasteiger partial charge in [0.05, 0.1) is 12.3 Å². The Morgan fingerprint density at radius 1 is 1.16 bits per heavy atom. The Balaban J connectivity index is 1.63. The van der Waals surface area contributed by atoms with Gasteiger partial charge in [0, 0.05) is 5.69 Å². The van der Waals surface area contributed by atoms with Gasteiger partial charge in [-0.15, -0.1) is 0 Å². The first-order valence-electron chi connectivity index (χ1n) is 7.98. The number of carbonyl (C=O) groups excluding carboxylic acids is 1. The maximum atomic E-state index is 13.8. The standard InChI is InChI=1S/C17H20FN5O2/c1-2-25-12-9-7-11(8-10-12)19-17(24)15-16(22-23-21-15)20-14-6-4-3-5-13(14)18/h3-10,15-16,20-23H,2H2,1H3,(H,19,24). The molecule has 2 aromatic rings. The molecule has 1 saturated heterocycles. The van der Waals surface area contributed by atoms with E-state index in [1.807, 2.05) is 6.92 Å². The fourth-order valence-electron chi connectivity index (χ4n) is 2.47. The van der Waals surface area contributed by atoms with Crippen molar-refractivity contribution >= 4 is 17.3 Å². The van der Waals surface area contributed by atoms with Gasteiger partial charge in [0.2, 0.25) is 5.91 Å². The Hall–Kier alpha value is -2.68. The van der Waals surface area contributed by atoms with E-state index in [1.54, 1.807) is 42.5 Å². The van der Waals surface area contributed by atoms with Crippen LogP contribution in [-0.4, -0.2) is 24.7 Å². The van der Waals surface area contributed by atoms with Crippen molar-refractivity contribution in [1.29, 1.82) is 0 Å². The van der Waals surface area contributed by atoms with Gasteiger partial charge in [0.25, 0.3) is 0 Å². The van der Waals surface area contributed by atoms with Gasteiger partial charge < -0.3 is 15.4 Å². The number of para-hydroxylation sites is 1. The summed E-state index contributed by atoms with van der Waals surface area (Å²) >= 11 is 0. The van der Waals surface area contributed by atoms with E-state index in [0.29, 0.717) is 18.0 Å². The third kappa shape index (κ3) is 4.24. The van der Waals surface area contributed by atoms with Crippen LogP contribution < -0.4 is 31.8 Å². The summed E-state index contributed by atoms with van der Waals surface area (Å²) in [5.41, 5.74) is 9.31. The molecule has 7 nitrogen and oxygen atoms in total. The van der Waals surface area contributed by atoms with Gasteiger partial charge in [-0.1, -0.05) is 12.1 Å². The van der Waals surface area contributed by atoms with Crippen molar-refractivity contribution < 1.29 is 13.9 Å². The van der Waals surface area contributed by atoms with Gasteiger partial charge in [-0.25, -0.2) is 15.2 Å². The fraction of sp³-hybridized carbons (Fsp3) is 0.235. The number of ether oxygens (including phenoxy) is 1. The quantitative estimate of drug-likeness (QED) is 0.547. The monoisotopic (exact) mass is 345 g/mol. The topological polar surface area (TPSA) is 86.5 Å². The van der Waals surface area contributed by atoms with Gasteiger partial charge in [-0.3, -0.25) is 4.79 Å². The molecule has 3 rings (SSSR count). The van der Waals surface area contributed by atoms with Crippen LogP contribution >= 0.6 is 0 Å². The molecule has 1 aliphatic rings. The third-order valence-corrected chi connectivity index (χ3v) is 3.69. The lowest BCUT2D eigenvalue weighted by molar-refractivity contribution is -0.118. The molecule has 132 valence electrons. The van der Waals surface area contributed by atoms with Crippen LogP contribution in [0.1, 0.15) is 6.92 Å². The zero-order chi connectivity index (χ0) is 17.6. The molecule has 1 heterocycles. The first-order valence-corrected chi connectivity index (χ1v) is 7.98. The molecule has 1 fully saturated rings. The van der Waals surface area contributed by atoms with E-state index in [4.69, 9.17) is 4.74 Å². The molecular formula is C17H20FN5O2. The molecule has 2 unspecified atom stereocenters. The van der Waals surface area contributed by atoms with Gasteiger partial charge in [-0.2, -0.15) is 5.53 Å². The highest BCUT2D eigenvalue weighted by Crippen LogP contribution is 2.17.